The van der Waals surface area contributed by atoms with Gasteiger partial charge in [0.05, 0.1) is 6.21 Å². The number of carbonyl (C=O) groups excluding carboxylic acids is 1. The number of hydrazone groups is 1. The Morgan fingerprint density at radius 3 is 2.57 bits per heavy atom. The Balaban J connectivity index is 1.58. The number of rotatable bonds is 3. The molecule has 0 unspecified atom stereocenters. The second kappa shape index (κ2) is 7.69. The summed E-state index contributed by atoms with van der Waals surface area (Å²) in [6, 6.07) is 15.6. The lowest BCUT2D eigenvalue weighted by Crippen LogP contribution is -2.65. The Morgan fingerprint density at radius 1 is 1.11 bits per heavy atom. The zero-order chi connectivity index (χ0) is 19.6. The van der Waals surface area contributed by atoms with Gasteiger partial charge in [-0.2, -0.15) is 5.10 Å². The van der Waals surface area contributed by atoms with Crippen molar-refractivity contribution in [2.24, 2.45) is 5.10 Å². The minimum absolute atomic E-state index is 0.00140. The van der Waals surface area contributed by atoms with Gasteiger partial charge in [0, 0.05) is 10.6 Å². The number of nitrogens with one attached hydrogen (secondary N) is 2. The van der Waals surface area contributed by atoms with E-state index < -0.39 is 5.54 Å². The quantitative estimate of drug-likeness (QED) is 0.591. The third kappa shape index (κ3) is 3.71. The van der Waals surface area contributed by atoms with E-state index in [1.54, 1.807) is 18.3 Å². The lowest BCUT2D eigenvalue weighted by molar-refractivity contribution is -0.129. The van der Waals surface area contributed by atoms with Crippen molar-refractivity contribution < 1.29 is 4.79 Å². The Kier molecular flexibility index (Phi) is 5.26. The number of hydrogen-bond acceptors (Lipinski definition) is 3. The standard InChI is InChI=1S/C23H26ClN3O/c1-22(21(28)26-25-16-17-9-11-19(24)12-10-17)20-8-4-3-7-18(20)15-23(27-22)13-5-2-6-14-23/h3-4,7-12,16,27H,2,5-6,13-15H2,1H3,(H,26,28)/b25-16-/t22-/m0/s1. The summed E-state index contributed by atoms with van der Waals surface area (Å²) in [6.45, 7) is 1.98. The maximum absolute atomic E-state index is 13.2. The highest BCUT2D eigenvalue weighted by molar-refractivity contribution is 6.30. The molecule has 0 saturated heterocycles. The molecule has 2 N–H and O–H groups in total. The average molecular weight is 396 g/mol. The predicted molar refractivity (Wildman–Crippen MR) is 114 cm³/mol. The third-order valence-corrected chi connectivity index (χ3v) is 6.37. The molecule has 1 heterocycles. The molecule has 1 aliphatic heterocycles. The average Bonchev–Trinajstić information content (AvgIpc) is 2.70. The summed E-state index contributed by atoms with van der Waals surface area (Å²) in [5.41, 5.74) is 5.15. The monoisotopic (exact) mass is 395 g/mol. The molecule has 1 aliphatic carbocycles. The SMILES string of the molecule is C[C@]1(C(=O)N/N=C\c2ccc(Cl)cc2)NC2(CCCCC2)Cc2ccccc21. The van der Waals surface area contributed by atoms with Gasteiger partial charge in [0.15, 0.2) is 0 Å². The minimum Gasteiger partial charge on any atom is -0.294 e. The molecule has 0 aromatic heterocycles. The number of fused-ring (bicyclic) bond motifs is 1. The molecule has 2 aromatic rings. The van der Waals surface area contributed by atoms with Gasteiger partial charge in [-0.3, -0.25) is 10.1 Å². The van der Waals surface area contributed by atoms with Crippen molar-refractivity contribution in [1.29, 1.82) is 0 Å². The van der Waals surface area contributed by atoms with Gasteiger partial charge < -0.3 is 0 Å². The molecule has 0 radical (unpaired) electrons. The van der Waals surface area contributed by atoms with Crippen LogP contribution in [0.25, 0.3) is 0 Å². The van der Waals surface area contributed by atoms with Gasteiger partial charge in [0.25, 0.3) is 5.91 Å². The van der Waals surface area contributed by atoms with E-state index >= 15 is 0 Å². The van der Waals surface area contributed by atoms with E-state index in [1.807, 2.05) is 25.1 Å². The van der Waals surface area contributed by atoms with Crippen LogP contribution in [0, 0.1) is 0 Å². The van der Waals surface area contributed by atoms with Crippen molar-refractivity contribution >= 4 is 23.7 Å². The van der Waals surface area contributed by atoms with Crippen LogP contribution in [0.3, 0.4) is 0 Å². The molecule has 146 valence electrons. The Morgan fingerprint density at radius 2 is 1.82 bits per heavy atom. The first-order valence-electron chi connectivity index (χ1n) is 9.98. The maximum Gasteiger partial charge on any atom is 0.264 e. The number of nitrogens with zero attached hydrogens (tertiary/aromatic N) is 1. The first kappa shape index (κ1) is 19.2. The van der Waals surface area contributed by atoms with Crippen molar-refractivity contribution in [3.05, 3.63) is 70.2 Å². The summed E-state index contributed by atoms with van der Waals surface area (Å²) in [5, 5.41) is 8.62. The number of carbonyl (C=O) groups is 1. The van der Waals surface area contributed by atoms with E-state index in [2.05, 4.69) is 34.0 Å². The van der Waals surface area contributed by atoms with Gasteiger partial charge in [0.2, 0.25) is 0 Å². The highest BCUT2D eigenvalue weighted by Crippen LogP contribution is 2.41. The van der Waals surface area contributed by atoms with Crippen LogP contribution in [0.5, 0.6) is 0 Å². The first-order chi connectivity index (χ1) is 13.5. The van der Waals surface area contributed by atoms with Gasteiger partial charge in [-0.15, -0.1) is 0 Å². The van der Waals surface area contributed by atoms with Crippen LogP contribution in [0.2, 0.25) is 5.02 Å². The number of hydrogen-bond donors (Lipinski definition) is 2. The van der Waals surface area contributed by atoms with Crippen LogP contribution in [0.4, 0.5) is 0 Å². The minimum atomic E-state index is -0.802. The second-order valence-corrected chi connectivity index (χ2v) is 8.61. The smallest absolute Gasteiger partial charge is 0.264 e. The van der Waals surface area contributed by atoms with Crippen molar-refractivity contribution in [1.82, 2.24) is 10.7 Å². The van der Waals surface area contributed by atoms with Crippen LogP contribution < -0.4 is 10.7 Å². The van der Waals surface area contributed by atoms with Gasteiger partial charge in [-0.25, -0.2) is 5.43 Å². The summed E-state index contributed by atoms with van der Waals surface area (Å²) in [6.07, 6.45) is 8.54. The largest absolute Gasteiger partial charge is 0.294 e. The van der Waals surface area contributed by atoms with Crippen LogP contribution in [-0.2, 0) is 16.8 Å². The molecule has 2 aliphatic rings. The van der Waals surface area contributed by atoms with Gasteiger partial charge >= 0.3 is 0 Å². The molecule has 4 nitrogen and oxygen atoms in total. The molecule has 1 saturated carbocycles. The highest BCUT2D eigenvalue weighted by atomic mass is 35.5. The molecule has 1 amide bonds. The zero-order valence-electron chi connectivity index (χ0n) is 16.2. The Bertz CT molecular complexity index is 887. The molecule has 5 heteroatoms. The van der Waals surface area contributed by atoms with Crippen LogP contribution >= 0.6 is 11.6 Å². The summed E-state index contributed by atoms with van der Waals surface area (Å²) >= 11 is 5.91. The molecule has 4 rings (SSSR count). The van der Waals surface area contributed by atoms with E-state index in [1.165, 1.54) is 24.8 Å². The Hall–Kier alpha value is -2.17. The second-order valence-electron chi connectivity index (χ2n) is 8.18. The van der Waals surface area contributed by atoms with Crippen LogP contribution in [-0.4, -0.2) is 17.7 Å². The van der Waals surface area contributed by atoms with Crippen molar-refractivity contribution in [3.8, 4) is 0 Å². The van der Waals surface area contributed by atoms with E-state index in [0.29, 0.717) is 5.02 Å². The Labute approximate surface area is 171 Å². The lowest BCUT2D eigenvalue weighted by Gasteiger charge is -2.49. The highest BCUT2D eigenvalue weighted by Gasteiger charge is 2.48. The summed E-state index contributed by atoms with van der Waals surface area (Å²) in [7, 11) is 0. The fraction of sp³-hybridized carbons (Fsp3) is 0.391. The van der Waals surface area contributed by atoms with E-state index in [9.17, 15) is 4.79 Å². The maximum atomic E-state index is 13.2. The molecule has 28 heavy (non-hydrogen) atoms. The summed E-state index contributed by atoms with van der Waals surface area (Å²) in [4.78, 5) is 13.2. The van der Waals surface area contributed by atoms with Gasteiger partial charge in [-0.05, 0) is 55.0 Å². The predicted octanol–water partition coefficient (Wildman–Crippen LogP) is 4.55. The zero-order valence-corrected chi connectivity index (χ0v) is 16.9. The number of amides is 1. The number of benzene rings is 2. The van der Waals surface area contributed by atoms with Gasteiger partial charge in [0.1, 0.15) is 5.54 Å². The topological polar surface area (TPSA) is 53.5 Å². The van der Waals surface area contributed by atoms with Crippen LogP contribution in [0.15, 0.2) is 53.6 Å². The lowest BCUT2D eigenvalue weighted by atomic mass is 9.69. The molecular weight excluding hydrogens is 370 g/mol. The first-order valence-corrected chi connectivity index (χ1v) is 10.4. The summed E-state index contributed by atoms with van der Waals surface area (Å²) in [5.74, 6) is -0.130. The number of halogens is 1. The van der Waals surface area contributed by atoms with Crippen molar-refractivity contribution in [2.45, 2.75) is 56.5 Å². The normalized spacial score (nSPS) is 23.5. The van der Waals surface area contributed by atoms with Crippen molar-refractivity contribution in [3.63, 3.8) is 0 Å². The fourth-order valence-corrected chi connectivity index (χ4v) is 4.83. The fourth-order valence-electron chi connectivity index (χ4n) is 4.70. The van der Waals surface area contributed by atoms with Crippen molar-refractivity contribution in [2.75, 3.05) is 0 Å². The third-order valence-electron chi connectivity index (χ3n) is 6.11. The molecule has 1 spiro atoms. The molecular formula is C23H26ClN3O. The molecule has 0 bridgehead atoms. The molecule has 2 aromatic carbocycles. The summed E-state index contributed by atoms with van der Waals surface area (Å²) < 4.78 is 0. The van der Waals surface area contributed by atoms with E-state index in [4.69, 9.17) is 11.6 Å². The molecule has 1 fully saturated rings. The van der Waals surface area contributed by atoms with Gasteiger partial charge in [-0.1, -0.05) is 67.3 Å². The van der Waals surface area contributed by atoms with Crippen LogP contribution in [0.1, 0.15) is 55.7 Å². The molecule has 1 atom stereocenters. The van der Waals surface area contributed by atoms with E-state index in [0.717, 1.165) is 30.4 Å². The van der Waals surface area contributed by atoms with E-state index in [-0.39, 0.29) is 11.4 Å².